The molecule has 0 amide bonds. The van der Waals surface area contributed by atoms with Gasteiger partial charge in [0.05, 0.1) is 0 Å². The lowest BCUT2D eigenvalue weighted by molar-refractivity contribution is -0.124. The number of fused-ring (bicyclic) bond motifs is 2. The van der Waals surface area contributed by atoms with Crippen LogP contribution in [0.4, 0.5) is 0 Å². The van der Waals surface area contributed by atoms with Gasteiger partial charge >= 0.3 is 0 Å². The molecule has 1 aliphatic carbocycles. The number of carbonyl (C=O) groups is 1. The van der Waals surface area contributed by atoms with Crippen LogP contribution in [0.1, 0.15) is 38.5 Å². The maximum atomic E-state index is 11.9. The molecule has 3 heteroatoms. The van der Waals surface area contributed by atoms with Crippen LogP contribution in [0, 0.1) is 11.8 Å². The molecule has 78 valence electrons. The Morgan fingerprint density at radius 3 is 2.00 bits per heavy atom. The molecule has 2 nitrogen and oxygen atoms in total. The van der Waals surface area contributed by atoms with Crippen molar-refractivity contribution in [1.29, 1.82) is 0 Å². The van der Waals surface area contributed by atoms with Crippen molar-refractivity contribution in [3.05, 3.63) is 0 Å². The first-order chi connectivity index (χ1) is 6.75. The lowest BCUT2D eigenvalue weighted by Gasteiger charge is -2.26. The van der Waals surface area contributed by atoms with Crippen LogP contribution in [0.15, 0.2) is 0 Å². The minimum Gasteiger partial charge on any atom is -0.299 e. The van der Waals surface area contributed by atoms with Crippen LogP contribution in [0.5, 0.6) is 0 Å². The highest BCUT2D eigenvalue weighted by Crippen LogP contribution is 2.43. The Morgan fingerprint density at radius 2 is 1.50 bits per heavy atom. The van der Waals surface area contributed by atoms with Crippen LogP contribution in [0.3, 0.4) is 0 Å². The van der Waals surface area contributed by atoms with Crippen LogP contribution in [0.25, 0.3) is 0 Å². The third-order valence-electron chi connectivity index (χ3n) is 3.94. The predicted octanol–water partition coefficient (Wildman–Crippen LogP) is 1.66. The van der Waals surface area contributed by atoms with Gasteiger partial charge < -0.3 is 0 Å². The third-order valence-corrected chi connectivity index (χ3v) is 6.12. The van der Waals surface area contributed by atoms with Crippen LogP contribution in [-0.2, 0) is 15.6 Å². The number of hydrogen-bond donors (Lipinski definition) is 0. The van der Waals surface area contributed by atoms with E-state index in [1.54, 1.807) is 0 Å². The Hall–Kier alpha value is -0.180. The molecule has 2 unspecified atom stereocenters. The summed E-state index contributed by atoms with van der Waals surface area (Å²) in [6.45, 7) is 0. The first-order valence-electron chi connectivity index (χ1n) is 5.69. The summed E-state index contributed by atoms with van der Waals surface area (Å²) in [6, 6.07) is 0. The highest BCUT2D eigenvalue weighted by atomic mass is 32.2. The van der Waals surface area contributed by atoms with Crippen LogP contribution in [0.2, 0.25) is 0 Å². The van der Waals surface area contributed by atoms with E-state index in [4.69, 9.17) is 0 Å². The van der Waals surface area contributed by atoms with Crippen LogP contribution >= 0.6 is 0 Å². The number of ketones is 1. The Kier molecular flexibility index (Phi) is 2.05. The molecule has 0 aromatic carbocycles. The van der Waals surface area contributed by atoms with Gasteiger partial charge in [-0.15, -0.1) is 0 Å². The van der Waals surface area contributed by atoms with Crippen molar-refractivity contribution in [3.8, 4) is 0 Å². The van der Waals surface area contributed by atoms with Crippen molar-refractivity contribution in [2.24, 2.45) is 11.8 Å². The Morgan fingerprint density at radius 1 is 0.929 bits per heavy atom. The number of carbonyl (C=O) groups excluding carboxylic acids is 1. The fraction of sp³-hybridized carbons (Fsp3) is 0.909. The van der Waals surface area contributed by atoms with Gasteiger partial charge in [0.25, 0.3) is 0 Å². The maximum Gasteiger partial charge on any atom is 0.139 e. The second-order valence-electron chi connectivity index (χ2n) is 4.99. The van der Waals surface area contributed by atoms with Crippen molar-refractivity contribution in [1.82, 2.24) is 0 Å². The van der Waals surface area contributed by atoms with Gasteiger partial charge in [-0.25, -0.2) is 0 Å². The molecule has 3 fully saturated rings. The quantitative estimate of drug-likeness (QED) is 0.697. The van der Waals surface area contributed by atoms with E-state index in [2.05, 4.69) is 0 Å². The van der Waals surface area contributed by atoms with Gasteiger partial charge in [-0.1, -0.05) is 0 Å². The fourth-order valence-electron chi connectivity index (χ4n) is 2.97. The SMILES string of the molecule is O=C(C1CC1)C1CC2CCC(C1)S2=O. The van der Waals surface area contributed by atoms with E-state index in [0.717, 1.165) is 38.5 Å². The highest BCUT2D eigenvalue weighted by Gasteiger charge is 2.45. The summed E-state index contributed by atoms with van der Waals surface area (Å²) in [7, 11) is -0.601. The average molecular weight is 212 g/mol. The fourth-order valence-corrected chi connectivity index (χ4v) is 5.09. The lowest BCUT2D eigenvalue weighted by Crippen LogP contribution is -2.32. The Bertz CT molecular complexity index is 280. The van der Waals surface area contributed by atoms with E-state index in [1.807, 2.05) is 0 Å². The van der Waals surface area contributed by atoms with Crippen molar-refractivity contribution in [2.75, 3.05) is 0 Å². The van der Waals surface area contributed by atoms with E-state index in [0.29, 0.717) is 22.2 Å². The summed E-state index contributed by atoms with van der Waals surface area (Å²) in [4.78, 5) is 11.9. The molecule has 2 atom stereocenters. The molecule has 3 aliphatic rings. The molecule has 3 rings (SSSR count). The first-order valence-corrected chi connectivity index (χ1v) is 6.96. The van der Waals surface area contributed by atoms with Crippen LogP contribution in [-0.4, -0.2) is 20.5 Å². The predicted molar refractivity (Wildman–Crippen MR) is 55.4 cm³/mol. The van der Waals surface area contributed by atoms with Crippen molar-refractivity contribution >= 4 is 16.6 Å². The molecule has 2 bridgehead atoms. The summed E-state index contributed by atoms with van der Waals surface area (Å²) >= 11 is 0. The molecule has 1 saturated carbocycles. The van der Waals surface area contributed by atoms with Gasteiger partial charge in [0.1, 0.15) is 5.78 Å². The van der Waals surface area contributed by atoms with Gasteiger partial charge in [0.15, 0.2) is 0 Å². The van der Waals surface area contributed by atoms with E-state index in [9.17, 15) is 9.00 Å². The van der Waals surface area contributed by atoms with Gasteiger partial charge in [-0.2, -0.15) is 0 Å². The normalized spacial score (nSPS) is 46.6. The molecular weight excluding hydrogens is 196 g/mol. The number of hydrogen-bond acceptors (Lipinski definition) is 2. The summed E-state index contributed by atoms with van der Waals surface area (Å²) in [6.07, 6.45) is 6.30. The maximum absolute atomic E-state index is 11.9. The van der Waals surface area contributed by atoms with Crippen LogP contribution < -0.4 is 0 Å². The summed E-state index contributed by atoms with van der Waals surface area (Å²) in [5, 5.41) is 0.725. The highest BCUT2D eigenvalue weighted by molar-refractivity contribution is 7.86. The van der Waals surface area contributed by atoms with E-state index in [1.165, 1.54) is 0 Å². The molecular formula is C11H16O2S. The summed E-state index contributed by atoms with van der Waals surface area (Å²) in [5.41, 5.74) is 0. The molecule has 2 saturated heterocycles. The second-order valence-corrected chi connectivity index (χ2v) is 6.99. The summed E-state index contributed by atoms with van der Waals surface area (Å²) < 4.78 is 11.7. The van der Waals surface area contributed by atoms with Gasteiger partial charge in [0, 0.05) is 33.1 Å². The smallest absolute Gasteiger partial charge is 0.139 e. The molecule has 0 aromatic rings. The van der Waals surface area contributed by atoms with E-state index < -0.39 is 10.8 Å². The molecule has 0 radical (unpaired) electrons. The first kappa shape index (κ1) is 9.08. The second kappa shape index (κ2) is 3.16. The number of rotatable bonds is 2. The van der Waals surface area contributed by atoms with Crippen molar-refractivity contribution < 1.29 is 9.00 Å². The zero-order valence-corrected chi connectivity index (χ0v) is 9.09. The monoisotopic (exact) mass is 212 g/mol. The van der Waals surface area contributed by atoms with E-state index >= 15 is 0 Å². The molecule has 2 aliphatic heterocycles. The molecule has 0 spiro atoms. The lowest BCUT2D eigenvalue weighted by atomic mass is 9.92. The van der Waals surface area contributed by atoms with Crippen molar-refractivity contribution in [2.45, 2.75) is 49.0 Å². The zero-order chi connectivity index (χ0) is 9.71. The van der Waals surface area contributed by atoms with Gasteiger partial charge in [-0.3, -0.25) is 9.00 Å². The summed E-state index contributed by atoms with van der Waals surface area (Å²) in [5.74, 6) is 1.17. The molecule has 0 aromatic heterocycles. The third kappa shape index (κ3) is 1.37. The van der Waals surface area contributed by atoms with Gasteiger partial charge in [-0.05, 0) is 38.5 Å². The Labute approximate surface area is 86.9 Å². The largest absolute Gasteiger partial charge is 0.299 e. The minimum atomic E-state index is -0.601. The topological polar surface area (TPSA) is 34.1 Å². The standard InChI is InChI=1S/C11H16O2S/c12-11(7-1-2-7)8-5-9-3-4-10(6-8)14(9)13/h7-10H,1-6H2. The average Bonchev–Trinajstić information content (AvgIpc) is 3.00. The Balaban J connectivity index is 1.73. The number of Topliss-reactive ketones (excluding diaryl/α,β-unsaturated/α-hetero) is 1. The van der Waals surface area contributed by atoms with Gasteiger partial charge in [0.2, 0.25) is 0 Å². The molecule has 2 heterocycles. The minimum absolute atomic E-state index is 0.276. The van der Waals surface area contributed by atoms with Crippen molar-refractivity contribution in [3.63, 3.8) is 0 Å². The molecule has 0 N–H and O–H groups in total. The molecule has 14 heavy (non-hydrogen) atoms. The van der Waals surface area contributed by atoms with E-state index in [-0.39, 0.29) is 5.92 Å². The zero-order valence-electron chi connectivity index (χ0n) is 8.28.